The van der Waals surface area contributed by atoms with Crippen molar-refractivity contribution in [3.05, 3.63) is 70.8 Å². The Kier molecular flexibility index (Phi) is 9.09. The van der Waals surface area contributed by atoms with E-state index in [-0.39, 0.29) is 11.8 Å². The molecule has 45 heavy (non-hydrogen) atoms. The van der Waals surface area contributed by atoms with Crippen molar-refractivity contribution >= 4 is 11.9 Å². The molecule has 1 saturated carbocycles. The zero-order chi connectivity index (χ0) is 33.1. The van der Waals surface area contributed by atoms with Gasteiger partial charge in [-0.3, -0.25) is 4.79 Å². The zero-order valence-corrected chi connectivity index (χ0v) is 28.6. The number of allylic oxidation sites excluding steroid dienone is 3. The molecule has 6 heteroatoms. The van der Waals surface area contributed by atoms with Gasteiger partial charge in [-0.2, -0.15) is 0 Å². The van der Waals surface area contributed by atoms with Gasteiger partial charge >= 0.3 is 11.9 Å². The van der Waals surface area contributed by atoms with Crippen LogP contribution in [-0.4, -0.2) is 46.6 Å². The normalized spacial score (nSPS) is 35.9. The van der Waals surface area contributed by atoms with Gasteiger partial charge in [0.25, 0.3) is 0 Å². The second-order valence-electron chi connectivity index (χ2n) is 15.7. The summed E-state index contributed by atoms with van der Waals surface area (Å²) in [4.78, 5) is 25.8. The molecule has 0 radical (unpaired) electrons. The summed E-state index contributed by atoms with van der Waals surface area (Å²) < 4.78 is 12.2. The molecule has 1 aromatic rings. The summed E-state index contributed by atoms with van der Waals surface area (Å²) in [6, 6.07) is 8.90. The highest BCUT2D eigenvalue weighted by molar-refractivity contribution is 5.89. The molecule has 0 aromatic heterocycles. The van der Waals surface area contributed by atoms with Gasteiger partial charge in [0.05, 0.1) is 11.7 Å². The minimum absolute atomic E-state index is 0.0245. The molecular formula is C39H54O6. The van der Waals surface area contributed by atoms with Crippen LogP contribution in [0.4, 0.5) is 0 Å². The van der Waals surface area contributed by atoms with E-state index in [9.17, 15) is 19.8 Å². The predicted molar refractivity (Wildman–Crippen MR) is 176 cm³/mol. The largest absolute Gasteiger partial charge is 0.458 e. The molecule has 0 heterocycles. The lowest BCUT2D eigenvalue weighted by atomic mass is 9.45. The summed E-state index contributed by atoms with van der Waals surface area (Å²) in [6.07, 6.45) is 3.79. The molecule has 9 atom stereocenters. The van der Waals surface area contributed by atoms with Gasteiger partial charge in [0, 0.05) is 17.8 Å². The first kappa shape index (κ1) is 33.7. The molecule has 6 nitrogen and oxygen atoms in total. The van der Waals surface area contributed by atoms with Crippen molar-refractivity contribution in [2.75, 3.05) is 0 Å². The van der Waals surface area contributed by atoms with E-state index in [1.807, 2.05) is 6.07 Å². The molecule has 4 aliphatic carbocycles. The van der Waals surface area contributed by atoms with E-state index in [0.29, 0.717) is 23.8 Å². The summed E-state index contributed by atoms with van der Waals surface area (Å²) in [5, 5.41) is 24.1. The first-order valence-electron chi connectivity index (χ1n) is 17.0. The molecule has 0 spiro atoms. The Morgan fingerprint density at radius 2 is 1.69 bits per heavy atom. The Morgan fingerprint density at radius 3 is 2.31 bits per heavy atom. The van der Waals surface area contributed by atoms with E-state index in [2.05, 4.69) is 61.1 Å². The average Bonchev–Trinajstić information content (AvgIpc) is 3.33. The van der Waals surface area contributed by atoms with Crippen molar-refractivity contribution in [2.45, 2.75) is 118 Å². The number of esters is 2. The average molecular weight is 619 g/mol. The van der Waals surface area contributed by atoms with E-state index in [0.717, 1.165) is 37.7 Å². The lowest BCUT2D eigenvalue weighted by molar-refractivity contribution is -0.177. The number of hydrogen-bond acceptors (Lipinski definition) is 6. The SMILES string of the molecule is C=C(CC[C@@H](C)[C@H]1CC=C2C3=C([C@@H](O)[C@H](OC(C)=O)C21C)C1(C)C[C@@H](O)[C@H](OC(=O)c2ccccc2)C(C)(C)C1CC3)C(C)C. The number of carbonyl (C=O) groups excluding carboxylic acids is 2. The fraction of sp³-hybridized carbons (Fsp3) is 0.641. The Balaban J connectivity index is 1.50. The molecule has 0 bridgehead atoms. The molecular weight excluding hydrogens is 564 g/mol. The molecule has 1 aromatic carbocycles. The zero-order valence-electron chi connectivity index (χ0n) is 28.6. The van der Waals surface area contributed by atoms with Crippen molar-refractivity contribution in [1.82, 2.24) is 0 Å². The van der Waals surface area contributed by atoms with Crippen molar-refractivity contribution in [1.29, 1.82) is 0 Å². The first-order valence-corrected chi connectivity index (χ1v) is 17.0. The summed E-state index contributed by atoms with van der Waals surface area (Å²) in [7, 11) is 0. The fourth-order valence-corrected chi connectivity index (χ4v) is 10.0. The summed E-state index contributed by atoms with van der Waals surface area (Å²) >= 11 is 0. The van der Waals surface area contributed by atoms with Gasteiger partial charge in [0.15, 0.2) is 0 Å². The van der Waals surface area contributed by atoms with Crippen molar-refractivity contribution in [3.63, 3.8) is 0 Å². The predicted octanol–water partition coefficient (Wildman–Crippen LogP) is 7.60. The number of aliphatic hydroxyl groups is 2. The molecule has 0 saturated heterocycles. The number of fused-ring (bicyclic) bond motifs is 4. The maximum absolute atomic E-state index is 13.1. The van der Waals surface area contributed by atoms with Gasteiger partial charge in [-0.25, -0.2) is 4.79 Å². The number of benzene rings is 1. The fourth-order valence-electron chi connectivity index (χ4n) is 10.0. The van der Waals surface area contributed by atoms with Gasteiger partial charge in [-0.15, -0.1) is 0 Å². The van der Waals surface area contributed by atoms with Crippen molar-refractivity contribution < 1.29 is 29.3 Å². The summed E-state index contributed by atoms with van der Waals surface area (Å²) in [5.41, 5.74) is 3.31. The third kappa shape index (κ3) is 5.54. The third-order valence-electron chi connectivity index (χ3n) is 12.4. The quantitative estimate of drug-likeness (QED) is 0.230. The van der Waals surface area contributed by atoms with Crippen LogP contribution in [0.25, 0.3) is 0 Å². The number of carbonyl (C=O) groups is 2. The third-order valence-corrected chi connectivity index (χ3v) is 12.4. The maximum atomic E-state index is 13.1. The minimum Gasteiger partial charge on any atom is -0.458 e. The number of hydrogen-bond donors (Lipinski definition) is 2. The topological polar surface area (TPSA) is 93.1 Å². The first-order chi connectivity index (χ1) is 21.0. The Hall–Kier alpha value is -2.70. The number of aliphatic hydroxyl groups excluding tert-OH is 2. The maximum Gasteiger partial charge on any atom is 0.338 e. The molecule has 1 fully saturated rings. The minimum atomic E-state index is -0.997. The lowest BCUT2D eigenvalue weighted by Crippen LogP contribution is -2.63. The monoisotopic (exact) mass is 618 g/mol. The lowest BCUT2D eigenvalue weighted by Gasteiger charge is -2.62. The molecule has 0 amide bonds. The molecule has 246 valence electrons. The molecule has 2 N–H and O–H groups in total. The van der Waals surface area contributed by atoms with E-state index >= 15 is 0 Å². The van der Waals surface area contributed by atoms with Gasteiger partial charge in [0.1, 0.15) is 18.3 Å². The highest BCUT2D eigenvalue weighted by atomic mass is 16.6. The van der Waals surface area contributed by atoms with Crippen LogP contribution in [0.5, 0.6) is 0 Å². The summed E-state index contributed by atoms with van der Waals surface area (Å²) in [5.74, 6) is 0.176. The van der Waals surface area contributed by atoms with Crippen LogP contribution in [-0.2, 0) is 14.3 Å². The standard InChI is InChI=1S/C39H54O6/c1-22(2)23(3)15-16-24(4)28-18-19-29-27-17-20-31-37(6,7)34(45-36(43)26-13-11-10-12-14-26)30(41)21-38(31,8)32(27)33(42)35(39(28,29)9)44-25(5)40/h10-14,19,22,24,28,30-31,33-35,41-42H,3,15-18,20-21H2,1-2,4-9H3/t24-,28-,30-,31?,33-,34+,35+,38?,39?/m1/s1. The van der Waals surface area contributed by atoms with E-state index in [4.69, 9.17) is 9.47 Å². The van der Waals surface area contributed by atoms with Crippen molar-refractivity contribution in [2.24, 2.45) is 39.9 Å². The Labute approximate surface area is 270 Å². The van der Waals surface area contributed by atoms with Gasteiger partial charge < -0.3 is 19.7 Å². The Bertz CT molecular complexity index is 1390. The van der Waals surface area contributed by atoms with Crippen LogP contribution in [0.1, 0.15) is 104 Å². The van der Waals surface area contributed by atoms with Crippen LogP contribution >= 0.6 is 0 Å². The van der Waals surface area contributed by atoms with Crippen LogP contribution in [0, 0.1) is 39.9 Å². The van der Waals surface area contributed by atoms with E-state index in [1.165, 1.54) is 23.6 Å². The summed E-state index contributed by atoms with van der Waals surface area (Å²) in [6.45, 7) is 20.9. The number of rotatable bonds is 8. The highest BCUT2D eigenvalue weighted by Crippen LogP contribution is 2.67. The van der Waals surface area contributed by atoms with Gasteiger partial charge in [-0.1, -0.05) is 84.9 Å². The van der Waals surface area contributed by atoms with Crippen molar-refractivity contribution in [3.8, 4) is 0 Å². The molecule has 0 aliphatic heterocycles. The number of ether oxygens (including phenoxy) is 2. The highest BCUT2D eigenvalue weighted by Gasteiger charge is 2.65. The van der Waals surface area contributed by atoms with E-state index in [1.54, 1.807) is 24.3 Å². The molecule has 5 rings (SSSR count). The van der Waals surface area contributed by atoms with Crippen LogP contribution in [0.15, 0.2) is 65.3 Å². The second kappa shape index (κ2) is 12.2. The smallest absolute Gasteiger partial charge is 0.338 e. The molecule has 3 unspecified atom stereocenters. The van der Waals surface area contributed by atoms with Gasteiger partial charge in [-0.05, 0) is 96.5 Å². The van der Waals surface area contributed by atoms with Crippen LogP contribution < -0.4 is 0 Å². The van der Waals surface area contributed by atoms with Gasteiger partial charge in [0.2, 0.25) is 0 Å². The Morgan fingerprint density at radius 1 is 1.02 bits per heavy atom. The van der Waals surface area contributed by atoms with Crippen LogP contribution in [0.2, 0.25) is 0 Å². The van der Waals surface area contributed by atoms with E-state index < -0.39 is 52.6 Å². The van der Waals surface area contributed by atoms with Crippen LogP contribution in [0.3, 0.4) is 0 Å². The molecule has 4 aliphatic rings. The second-order valence-corrected chi connectivity index (χ2v) is 15.7.